The number of non-ortho nitro benzene ring substituents is 1. The van der Waals surface area contributed by atoms with Crippen molar-refractivity contribution in [3.05, 3.63) is 32.3 Å². The Hall–Kier alpha value is -0.890. The van der Waals surface area contributed by atoms with Gasteiger partial charge in [-0.2, -0.15) is 0 Å². The molecule has 1 aliphatic rings. The number of aromatic hydroxyl groups is 1. The van der Waals surface area contributed by atoms with Crippen LogP contribution in [0.5, 0.6) is 5.75 Å². The van der Waals surface area contributed by atoms with Crippen LogP contribution in [-0.2, 0) is 0 Å². The molecule has 8 heteroatoms. The highest BCUT2D eigenvalue weighted by atomic mass is 79.9. The molecule has 0 saturated carbocycles. The molecule has 1 aromatic rings. The van der Waals surface area contributed by atoms with Gasteiger partial charge in [-0.05, 0) is 15.9 Å². The summed E-state index contributed by atoms with van der Waals surface area (Å²) in [4.78, 5) is 10.3. The van der Waals surface area contributed by atoms with Gasteiger partial charge in [0.25, 0.3) is 5.69 Å². The van der Waals surface area contributed by atoms with Gasteiger partial charge >= 0.3 is 0 Å². The molecule has 1 aromatic carbocycles. The number of piperazine rings is 1. The van der Waals surface area contributed by atoms with Crippen LogP contribution in [0.4, 0.5) is 5.69 Å². The Morgan fingerprint density at radius 1 is 1.44 bits per heavy atom. The average molecular weight is 339 g/mol. The molecule has 0 spiro atoms. The van der Waals surface area contributed by atoms with Crippen molar-refractivity contribution in [2.75, 3.05) is 19.6 Å². The number of phenolic OH excluding ortho intramolecular Hbond substituents is 1. The summed E-state index contributed by atoms with van der Waals surface area (Å²) in [6.45, 7) is 2.26. The Labute approximate surface area is 118 Å². The molecule has 1 saturated heterocycles. The van der Waals surface area contributed by atoms with Crippen molar-refractivity contribution in [1.29, 1.82) is 0 Å². The zero-order valence-corrected chi connectivity index (χ0v) is 11.8. The Morgan fingerprint density at radius 3 is 2.72 bits per heavy atom. The van der Waals surface area contributed by atoms with Crippen molar-refractivity contribution in [1.82, 2.24) is 10.6 Å². The minimum absolute atomic E-state index is 0. The number of hydrogen-bond acceptors (Lipinski definition) is 5. The standard InChI is InChI=1S/C10H12BrN3O3.ClH/c11-8-4-6(14(16)17)3-7(10(8)15)9-5-12-1-2-13-9;/h3-4,9,12-13,15H,1-2,5H2;1H/t9-;/m1./s1. The van der Waals surface area contributed by atoms with E-state index in [2.05, 4.69) is 26.6 Å². The van der Waals surface area contributed by atoms with Gasteiger partial charge in [-0.25, -0.2) is 0 Å². The van der Waals surface area contributed by atoms with Gasteiger partial charge in [0, 0.05) is 43.4 Å². The maximum atomic E-state index is 10.8. The molecule has 6 nitrogen and oxygen atoms in total. The second-order valence-electron chi connectivity index (χ2n) is 3.83. The van der Waals surface area contributed by atoms with Gasteiger partial charge in [-0.3, -0.25) is 10.1 Å². The number of benzene rings is 1. The molecule has 0 unspecified atom stereocenters. The predicted molar refractivity (Wildman–Crippen MR) is 73.3 cm³/mol. The predicted octanol–water partition coefficient (Wildman–Crippen LogP) is 1.72. The summed E-state index contributed by atoms with van der Waals surface area (Å²) in [6.07, 6.45) is 0. The Kier molecular flexibility index (Phi) is 5.33. The van der Waals surface area contributed by atoms with Gasteiger partial charge in [0.05, 0.1) is 9.40 Å². The Morgan fingerprint density at radius 2 is 2.17 bits per heavy atom. The fourth-order valence-electron chi connectivity index (χ4n) is 1.85. The number of rotatable bonds is 2. The van der Waals surface area contributed by atoms with E-state index < -0.39 is 4.92 Å². The van der Waals surface area contributed by atoms with Crippen LogP contribution in [-0.4, -0.2) is 29.7 Å². The zero-order valence-electron chi connectivity index (χ0n) is 9.35. The maximum Gasteiger partial charge on any atom is 0.271 e. The maximum absolute atomic E-state index is 10.8. The number of nitro benzene ring substituents is 1. The minimum Gasteiger partial charge on any atom is -0.506 e. The molecule has 0 amide bonds. The molecule has 100 valence electrons. The summed E-state index contributed by atoms with van der Waals surface area (Å²) in [5.74, 6) is 0.0526. The second kappa shape index (κ2) is 6.33. The van der Waals surface area contributed by atoms with E-state index in [1.54, 1.807) is 0 Å². The van der Waals surface area contributed by atoms with Gasteiger partial charge in [0.2, 0.25) is 0 Å². The van der Waals surface area contributed by atoms with Crippen molar-refractivity contribution in [2.45, 2.75) is 6.04 Å². The first-order valence-electron chi connectivity index (χ1n) is 5.20. The van der Waals surface area contributed by atoms with E-state index in [0.29, 0.717) is 16.6 Å². The van der Waals surface area contributed by atoms with Gasteiger partial charge in [-0.1, -0.05) is 0 Å². The Balaban J connectivity index is 0.00000162. The topological polar surface area (TPSA) is 87.4 Å². The smallest absolute Gasteiger partial charge is 0.271 e. The molecule has 2 rings (SSSR count). The SMILES string of the molecule is Cl.O=[N+]([O-])c1cc(Br)c(O)c([C@H]2CNCCN2)c1. The molecule has 0 radical (unpaired) electrons. The summed E-state index contributed by atoms with van der Waals surface area (Å²) in [5, 5.41) is 27.1. The van der Waals surface area contributed by atoms with Crippen LogP contribution in [0.25, 0.3) is 0 Å². The highest BCUT2D eigenvalue weighted by Gasteiger charge is 2.22. The normalized spacial score (nSPS) is 19.1. The minimum atomic E-state index is -0.468. The summed E-state index contributed by atoms with van der Waals surface area (Å²) in [6, 6.07) is 2.60. The van der Waals surface area contributed by atoms with Crippen LogP contribution in [0.3, 0.4) is 0 Å². The first-order valence-corrected chi connectivity index (χ1v) is 6.00. The van der Waals surface area contributed by atoms with Crippen LogP contribution in [0.15, 0.2) is 16.6 Å². The molecule has 0 aliphatic carbocycles. The van der Waals surface area contributed by atoms with E-state index in [-0.39, 0.29) is 29.9 Å². The molecule has 3 N–H and O–H groups in total. The second-order valence-corrected chi connectivity index (χ2v) is 4.69. The van der Waals surface area contributed by atoms with Crippen LogP contribution < -0.4 is 10.6 Å². The molecule has 18 heavy (non-hydrogen) atoms. The third kappa shape index (κ3) is 3.11. The van der Waals surface area contributed by atoms with E-state index in [4.69, 9.17) is 0 Å². The van der Waals surface area contributed by atoms with Gasteiger partial charge in [-0.15, -0.1) is 12.4 Å². The van der Waals surface area contributed by atoms with Crippen molar-refractivity contribution in [2.24, 2.45) is 0 Å². The molecule has 0 bridgehead atoms. The van der Waals surface area contributed by atoms with E-state index in [0.717, 1.165) is 13.1 Å². The molecule has 1 fully saturated rings. The fourth-order valence-corrected chi connectivity index (χ4v) is 2.31. The third-order valence-corrected chi connectivity index (χ3v) is 3.31. The Bertz CT molecular complexity index is 452. The largest absolute Gasteiger partial charge is 0.506 e. The molecular formula is C10H13BrClN3O3. The number of halogens is 2. The lowest BCUT2D eigenvalue weighted by molar-refractivity contribution is -0.385. The quantitative estimate of drug-likeness (QED) is 0.564. The average Bonchev–Trinajstić information content (AvgIpc) is 2.33. The summed E-state index contributed by atoms with van der Waals surface area (Å²) in [7, 11) is 0. The van der Waals surface area contributed by atoms with Crippen LogP contribution in [0.2, 0.25) is 0 Å². The van der Waals surface area contributed by atoms with Gasteiger partial charge < -0.3 is 15.7 Å². The van der Waals surface area contributed by atoms with Crippen LogP contribution >= 0.6 is 28.3 Å². The molecule has 1 atom stereocenters. The molecule has 1 aliphatic heterocycles. The van der Waals surface area contributed by atoms with Crippen LogP contribution in [0, 0.1) is 10.1 Å². The first kappa shape index (κ1) is 15.2. The number of nitrogens with zero attached hydrogens (tertiary/aromatic N) is 1. The van der Waals surface area contributed by atoms with E-state index in [1.165, 1.54) is 12.1 Å². The molecule has 0 aromatic heterocycles. The highest BCUT2D eigenvalue weighted by Crippen LogP contribution is 2.36. The highest BCUT2D eigenvalue weighted by molar-refractivity contribution is 9.10. The summed E-state index contributed by atoms with van der Waals surface area (Å²) >= 11 is 3.13. The fraction of sp³-hybridized carbons (Fsp3) is 0.400. The van der Waals surface area contributed by atoms with Crippen molar-refractivity contribution in [3.8, 4) is 5.75 Å². The lowest BCUT2D eigenvalue weighted by Gasteiger charge is -2.25. The van der Waals surface area contributed by atoms with E-state index in [9.17, 15) is 15.2 Å². The van der Waals surface area contributed by atoms with E-state index in [1.807, 2.05) is 0 Å². The lowest BCUT2D eigenvalue weighted by Crippen LogP contribution is -2.42. The van der Waals surface area contributed by atoms with Crippen LogP contribution in [0.1, 0.15) is 11.6 Å². The molecule has 1 heterocycles. The van der Waals surface area contributed by atoms with Crippen molar-refractivity contribution < 1.29 is 10.0 Å². The lowest BCUT2D eigenvalue weighted by atomic mass is 10.0. The third-order valence-electron chi connectivity index (χ3n) is 2.70. The van der Waals surface area contributed by atoms with Gasteiger partial charge in [0.1, 0.15) is 5.75 Å². The van der Waals surface area contributed by atoms with Crippen molar-refractivity contribution >= 4 is 34.0 Å². The summed E-state index contributed by atoms with van der Waals surface area (Å²) in [5.41, 5.74) is 0.510. The summed E-state index contributed by atoms with van der Waals surface area (Å²) < 4.78 is 0.342. The molecular weight excluding hydrogens is 325 g/mol. The number of hydrogen-bond donors (Lipinski definition) is 3. The monoisotopic (exact) mass is 337 g/mol. The first-order chi connectivity index (χ1) is 8.09. The van der Waals surface area contributed by atoms with Gasteiger partial charge in [0.15, 0.2) is 0 Å². The number of nitro groups is 1. The zero-order chi connectivity index (χ0) is 12.4. The van der Waals surface area contributed by atoms with E-state index >= 15 is 0 Å². The number of phenols is 1. The van der Waals surface area contributed by atoms with Crippen molar-refractivity contribution in [3.63, 3.8) is 0 Å². The number of nitrogens with one attached hydrogen (secondary N) is 2.